The number of nitrogens with one attached hydrogen (secondary N) is 1. The summed E-state index contributed by atoms with van der Waals surface area (Å²) in [5.41, 5.74) is 1.58. The van der Waals surface area contributed by atoms with Gasteiger partial charge in [-0.2, -0.15) is 0 Å². The van der Waals surface area contributed by atoms with Crippen LogP contribution in [0.1, 0.15) is 56.0 Å². The molecule has 1 aromatic heterocycles. The first-order valence-electron chi connectivity index (χ1n) is 6.61. The highest BCUT2D eigenvalue weighted by molar-refractivity contribution is 7.10. The normalized spacial score (nSPS) is 21.8. The Morgan fingerprint density at radius 3 is 3.25 bits per heavy atom. The van der Waals surface area contributed by atoms with E-state index in [4.69, 9.17) is 0 Å². The first-order chi connectivity index (χ1) is 7.81. The van der Waals surface area contributed by atoms with Crippen molar-refractivity contribution in [1.82, 2.24) is 5.32 Å². The van der Waals surface area contributed by atoms with Crippen LogP contribution in [0.5, 0.6) is 0 Å². The highest BCUT2D eigenvalue weighted by Crippen LogP contribution is 2.33. The Morgan fingerprint density at radius 1 is 1.56 bits per heavy atom. The molecule has 0 saturated heterocycles. The molecule has 1 aromatic rings. The summed E-state index contributed by atoms with van der Waals surface area (Å²) in [6, 6.07) is 2.95. The van der Waals surface area contributed by atoms with Gasteiger partial charge < -0.3 is 5.32 Å². The fourth-order valence-electron chi connectivity index (χ4n) is 2.64. The molecule has 1 aliphatic rings. The summed E-state index contributed by atoms with van der Waals surface area (Å²) in [6.45, 7) is 5.80. The molecular weight excluding hydrogens is 214 g/mol. The third-order valence-corrected chi connectivity index (χ3v) is 4.54. The van der Waals surface area contributed by atoms with Crippen LogP contribution in [-0.4, -0.2) is 6.54 Å². The Labute approximate surface area is 103 Å². The molecule has 2 unspecified atom stereocenters. The van der Waals surface area contributed by atoms with E-state index in [9.17, 15) is 0 Å². The average molecular weight is 237 g/mol. The van der Waals surface area contributed by atoms with Gasteiger partial charge in [0.1, 0.15) is 0 Å². The molecule has 0 bridgehead atoms. The first-order valence-corrected chi connectivity index (χ1v) is 7.49. The van der Waals surface area contributed by atoms with Crippen molar-refractivity contribution in [2.24, 2.45) is 5.92 Å². The van der Waals surface area contributed by atoms with Gasteiger partial charge in [-0.05, 0) is 55.2 Å². The molecule has 1 N–H and O–H groups in total. The summed E-state index contributed by atoms with van der Waals surface area (Å²) in [5.74, 6) is 0.814. The molecule has 2 heteroatoms. The van der Waals surface area contributed by atoms with Crippen LogP contribution in [0.2, 0.25) is 0 Å². The highest BCUT2D eigenvalue weighted by atomic mass is 32.1. The van der Waals surface area contributed by atoms with Crippen LogP contribution in [0, 0.1) is 5.92 Å². The molecule has 0 aliphatic heterocycles. The Bertz CT molecular complexity index is 318. The number of fused-ring (bicyclic) bond motifs is 1. The maximum atomic E-state index is 3.76. The van der Waals surface area contributed by atoms with Crippen LogP contribution in [0.15, 0.2) is 11.4 Å². The van der Waals surface area contributed by atoms with Crippen molar-refractivity contribution >= 4 is 11.3 Å². The standard InChI is InChI=1S/C14H23NS/c1-3-5-11(2)10-15-13-6-4-7-14-12(13)8-9-16-14/h8-9,11,13,15H,3-7,10H2,1-2H3. The van der Waals surface area contributed by atoms with E-state index in [1.165, 1.54) is 38.6 Å². The van der Waals surface area contributed by atoms with E-state index < -0.39 is 0 Å². The molecule has 1 aliphatic carbocycles. The summed E-state index contributed by atoms with van der Waals surface area (Å²) in [7, 11) is 0. The molecule has 0 aromatic carbocycles. The minimum Gasteiger partial charge on any atom is -0.310 e. The predicted octanol–water partition coefficient (Wildman–Crippen LogP) is 4.15. The number of hydrogen-bond acceptors (Lipinski definition) is 2. The van der Waals surface area contributed by atoms with Crippen LogP contribution in [0.4, 0.5) is 0 Å². The molecular formula is C14H23NS. The summed E-state index contributed by atoms with van der Waals surface area (Å²) < 4.78 is 0. The highest BCUT2D eigenvalue weighted by Gasteiger charge is 2.20. The quantitative estimate of drug-likeness (QED) is 0.811. The van der Waals surface area contributed by atoms with Crippen LogP contribution in [-0.2, 0) is 6.42 Å². The maximum Gasteiger partial charge on any atom is 0.0331 e. The van der Waals surface area contributed by atoms with Gasteiger partial charge in [0.15, 0.2) is 0 Å². The lowest BCUT2D eigenvalue weighted by Gasteiger charge is -2.25. The molecule has 2 atom stereocenters. The molecule has 16 heavy (non-hydrogen) atoms. The Morgan fingerprint density at radius 2 is 2.44 bits per heavy atom. The fraction of sp³-hybridized carbons (Fsp3) is 0.714. The van der Waals surface area contributed by atoms with E-state index in [1.54, 1.807) is 10.4 Å². The third kappa shape index (κ3) is 2.86. The van der Waals surface area contributed by atoms with Gasteiger partial charge >= 0.3 is 0 Å². The second-order valence-corrected chi connectivity index (χ2v) is 6.05. The monoisotopic (exact) mass is 237 g/mol. The minimum absolute atomic E-state index is 0.634. The number of rotatable bonds is 5. The SMILES string of the molecule is CCCC(C)CNC1CCCc2sccc21. The van der Waals surface area contributed by atoms with E-state index in [1.807, 2.05) is 11.3 Å². The second kappa shape index (κ2) is 5.83. The zero-order valence-corrected chi connectivity index (χ0v) is 11.3. The van der Waals surface area contributed by atoms with Crippen molar-refractivity contribution in [3.63, 3.8) is 0 Å². The van der Waals surface area contributed by atoms with Crippen molar-refractivity contribution in [2.45, 2.75) is 52.0 Å². The number of hydrogen-bond donors (Lipinski definition) is 1. The van der Waals surface area contributed by atoms with Gasteiger partial charge in [0.05, 0.1) is 0 Å². The lowest BCUT2D eigenvalue weighted by atomic mass is 9.93. The van der Waals surface area contributed by atoms with Gasteiger partial charge in [-0.3, -0.25) is 0 Å². The van der Waals surface area contributed by atoms with E-state index >= 15 is 0 Å². The topological polar surface area (TPSA) is 12.0 Å². The first kappa shape index (κ1) is 12.1. The van der Waals surface area contributed by atoms with Crippen molar-refractivity contribution in [1.29, 1.82) is 0 Å². The zero-order chi connectivity index (χ0) is 11.4. The van der Waals surface area contributed by atoms with Crippen LogP contribution in [0.25, 0.3) is 0 Å². The minimum atomic E-state index is 0.634. The maximum absolute atomic E-state index is 3.76. The van der Waals surface area contributed by atoms with E-state index in [-0.39, 0.29) is 0 Å². The Kier molecular flexibility index (Phi) is 4.42. The molecule has 0 amide bonds. The second-order valence-electron chi connectivity index (χ2n) is 5.05. The summed E-state index contributed by atoms with van der Waals surface area (Å²) in [4.78, 5) is 1.62. The van der Waals surface area contributed by atoms with Crippen LogP contribution >= 0.6 is 11.3 Å². The predicted molar refractivity (Wildman–Crippen MR) is 72.1 cm³/mol. The fourth-order valence-corrected chi connectivity index (χ4v) is 3.62. The molecule has 0 saturated carbocycles. The van der Waals surface area contributed by atoms with Crippen molar-refractivity contribution in [2.75, 3.05) is 6.54 Å². The summed E-state index contributed by atoms with van der Waals surface area (Å²) >= 11 is 1.93. The Balaban J connectivity index is 1.88. The van der Waals surface area contributed by atoms with Crippen molar-refractivity contribution in [3.05, 3.63) is 21.9 Å². The van der Waals surface area contributed by atoms with Gasteiger partial charge in [0.25, 0.3) is 0 Å². The molecule has 1 heterocycles. The largest absolute Gasteiger partial charge is 0.310 e. The van der Waals surface area contributed by atoms with Gasteiger partial charge in [0.2, 0.25) is 0 Å². The van der Waals surface area contributed by atoms with E-state index in [0.29, 0.717) is 6.04 Å². The molecule has 2 rings (SSSR count). The summed E-state index contributed by atoms with van der Waals surface area (Å²) in [6.07, 6.45) is 6.62. The van der Waals surface area contributed by atoms with E-state index in [0.717, 1.165) is 5.92 Å². The van der Waals surface area contributed by atoms with Gasteiger partial charge in [-0.1, -0.05) is 20.3 Å². The molecule has 1 nitrogen and oxygen atoms in total. The van der Waals surface area contributed by atoms with Gasteiger partial charge in [-0.15, -0.1) is 11.3 Å². The molecule has 0 fully saturated rings. The zero-order valence-electron chi connectivity index (χ0n) is 10.5. The van der Waals surface area contributed by atoms with Crippen molar-refractivity contribution in [3.8, 4) is 0 Å². The van der Waals surface area contributed by atoms with Crippen LogP contribution in [0.3, 0.4) is 0 Å². The third-order valence-electron chi connectivity index (χ3n) is 3.55. The summed E-state index contributed by atoms with van der Waals surface area (Å²) in [5, 5.41) is 6.01. The molecule has 0 radical (unpaired) electrons. The van der Waals surface area contributed by atoms with Crippen LogP contribution < -0.4 is 5.32 Å². The van der Waals surface area contributed by atoms with E-state index in [2.05, 4.69) is 30.6 Å². The van der Waals surface area contributed by atoms with Gasteiger partial charge in [0, 0.05) is 10.9 Å². The number of thiophene rings is 1. The Hall–Kier alpha value is -0.340. The lowest BCUT2D eigenvalue weighted by molar-refractivity contribution is 0.402. The number of aryl methyl sites for hydroxylation is 1. The van der Waals surface area contributed by atoms with Crippen molar-refractivity contribution < 1.29 is 0 Å². The lowest BCUT2D eigenvalue weighted by Crippen LogP contribution is -2.28. The molecule has 90 valence electrons. The molecule has 0 spiro atoms. The smallest absolute Gasteiger partial charge is 0.0331 e. The average Bonchev–Trinajstić information content (AvgIpc) is 2.75. The van der Waals surface area contributed by atoms with Gasteiger partial charge in [-0.25, -0.2) is 0 Å².